The number of benzene rings is 1. The molecule has 1 atom stereocenters. The molecule has 1 fully saturated rings. The number of guanidine groups is 1. The molecule has 0 radical (unpaired) electrons. The second-order valence-electron chi connectivity index (χ2n) is 8.57. The summed E-state index contributed by atoms with van der Waals surface area (Å²) in [5.74, 6) is 2.14. The maximum absolute atomic E-state index is 5.66. The SMILES string of the molecule is CN=C(NCCc1coc(-c2ccc(C)cc2)n1)NCC(CC(C)C)N1CCOCC1.I. The molecule has 2 aromatic rings. The Labute approximate surface area is 209 Å². The van der Waals surface area contributed by atoms with Gasteiger partial charge in [0, 0.05) is 51.3 Å². The van der Waals surface area contributed by atoms with Crippen LogP contribution in [0.25, 0.3) is 11.5 Å². The molecule has 1 saturated heterocycles. The Kier molecular flexibility index (Phi) is 11.5. The number of hydrogen-bond acceptors (Lipinski definition) is 5. The van der Waals surface area contributed by atoms with E-state index in [1.54, 1.807) is 6.26 Å². The molecule has 1 aromatic carbocycles. The van der Waals surface area contributed by atoms with Gasteiger partial charge in [0.25, 0.3) is 0 Å². The second kappa shape index (κ2) is 13.8. The lowest BCUT2D eigenvalue weighted by atomic mass is 10.0. The first-order valence-corrected chi connectivity index (χ1v) is 11.3. The third-order valence-electron chi connectivity index (χ3n) is 5.56. The van der Waals surface area contributed by atoms with Gasteiger partial charge in [-0.25, -0.2) is 4.98 Å². The van der Waals surface area contributed by atoms with Crippen molar-refractivity contribution in [2.45, 2.75) is 39.7 Å². The van der Waals surface area contributed by atoms with Gasteiger partial charge in [-0.1, -0.05) is 31.5 Å². The topological polar surface area (TPSA) is 74.9 Å². The van der Waals surface area contributed by atoms with E-state index in [0.717, 1.165) is 69.5 Å². The Morgan fingerprint density at radius 3 is 2.53 bits per heavy atom. The lowest BCUT2D eigenvalue weighted by molar-refractivity contribution is 0.0132. The van der Waals surface area contributed by atoms with E-state index >= 15 is 0 Å². The fourth-order valence-corrected chi connectivity index (χ4v) is 3.84. The summed E-state index contributed by atoms with van der Waals surface area (Å²) < 4.78 is 11.2. The summed E-state index contributed by atoms with van der Waals surface area (Å²) in [7, 11) is 1.81. The Bertz CT molecular complexity index is 816. The fraction of sp³-hybridized carbons (Fsp3) is 0.583. The minimum absolute atomic E-state index is 0. The zero-order valence-electron chi connectivity index (χ0n) is 19.8. The zero-order valence-corrected chi connectivity index (χ0v) is 22.1. The van der Waals surface area contributed by atoms with E-state index < -0.39 is 0 Å². The van der Waals surface area contributed by atoms with Crippen molar-refractivity contribution in [3.63, 3.8) is 0 Å². The number of aliphatic imine (C=N–C) groups is 1. The van der Waals surface area contributed by atoms with Crippen molar-refractivity contribution >= 4 is 29.9 Å². The summed E-state index contributed by atoms with van der Waals surface area (Å²) >= 11 is 0. The van der Waals surface area contributed by atoms with Crippen LogP contribution in [-0.4, -0.2) is 68.3 Å². The fourth-order valence-electron chi connectivity index (χ4n) is 3.84. The van der Waals surface area contributed by atoms with Crippen LogP contribution in [0.5, 0.6) is 0 Å². The van der Waals surface area contributed by atoms with Crippen LogP contribution in [0.4, 0.5) is 0 Å². The Morgan fingerprint density at radius 1 is 1.16 bits per heavy atom. The first-order chi connectivity index (χ1) is 15.0. The molecule has 0 spiro atoms. The number of hydrogen-bond donors (Lipinski definition) is 2. The molecule has 1 aliphatic heterocycles. The molecule has 1 aromatic heterocycles. The van der Waals surface area contributed by atoms with Crippen molar-refractivity contribution < 1.29 is 9.15 Å². The molecule has 2 heterocycles. The van der Waals surface area contributed by atoms with Gasteiger partial charge < -0.3 is 19.8 Å². The standard InChI is InChI=1S/C24H37N5O2.HI/c1-18(2)15-22(29-11-13-30-14-12-29)16-27-24(25-4)26-10-9-21-17-31-23(28-21)20-7-5-19(3)6-8-20;/h5-8,17-18,22H,9-16H2,1-4H3,(H2,25,26,27);1H. The van der Waals surface area contributed by atoms with Gasteiger partial charge in [-0.15, -0.1) is 24.0 Å². The summed E-state index contributed by atoms with van der Waals surface area (Å²) in [6.07, 6.45) is 3.67. The molecular weight excluding hydrogens is 517 g/mol. The van der Waals surface area contributed by atoms with E-state index in [-0.39, 0.29) is 24.0 Å². The highest BCUT2D eigenvalue weighted by molar-refractivity contribution is 14.0. The number of oxazole rings is 1. The zero-order chi connectivity index (χ0) is 22.1. The summed E-state index contributed by atoms with van der Waals surface area (Å²) in [4.78, 5) is 11.5. The number of rotatable bonds is 9. The highest BCUT2D eigenvalue weighted by Gasteiger charge is 2.22. The van der Waals surface area contributed by atoms with Crippen LogP contribution in [-0.2, 0) is 11.2 Å². The lowest BCUT2D eigenvalue weighted by Crippen LogP contribution is -2.51. The number of aryl methyl sites for hydroxylation is 1. The molecule has 2 N–H and O–H groups in total. The first-order valence-electron chi connectivity index (χ1n) is 11.3. The van der Waals surface area contributed by atoms with Crippen LogP contribution in [0.3, 0.4) is 0 Å². The molecule has 0 aliphatic carbocycles. The number of nitrogens with zero attached hydrogens (tertiary/aromatic N) is 3. The molecular formula is C24H38IN5O2. The summed E-state index contributed by atoms with van der Waals surface area (Å²) in [5.41, 5.74) is 3.16. The van der Waals surface area contributed by atoms with E-state index in [4.69, 9.17) is 9.15 Å². The molecule has 1 aliphatic rings. The van der Waals surface area contributed by atoms with Crippen LogP contribution >= 0.6 is 24.0 Å². The van der Waals surface area contributed by atoms with E-state index in [9.17, 15) is 0 Å². The van der Waals surface area contributed by atoms with Crippen LogP contribution < -0.4 is 10.6 Å². The van der Waals surface area contributed by atoms with E-state index in [1.807, 2.05) is 19.2 Å². The maximum atomic E-state index is 5.66. The van der Waals surface area contributed by atoms with Crippen molar-refractivity contribution in [3.8, 4) is 11.5 Å². The molecule has 7 nitrogen and oxygen atoms in total. The molecule has 32 heavy (non-hydrogen) atoms. The van der Waals surface area contributed by atoms with Crippen molar-refractivity contribution in [1.82, 2.24) is 20.5 Å². The molecule has 0 amide bonds. The quantitative estimate of drug-likeness (QED) is 0.279. The number of nitrogens with one attached hydrogen (secondary N) is 2. The normalized spacial score (nSPS) is 16.0. The smallest absolute Gasteiger partial charge is 0.226 e. The van der Waals surface area contributed by atoms with Gasteiger partial charge in [0.2, 0.25) is 5.89 Å². The average molecular weight is 556 g/mol. The van der Waals surface area contributed by atoms with E-state index in [1.165, 1.54) is 5.56 Å². The van der Waals surface area contributed by atoms with E-state index in [0.29, 0.717) is 17.9 Å². The number of ether oxygens (including phenoxy) is 1. The van der Waals surface area contributed by atoms with Gasteiger partial charge in [0.1, 0.15) is 6.26 Å². The molecule has 0 saturated carbocycles. The van der Waals surface area contributed by atoms with Crippen LogP contribution in [0, 0.1) is 12.8 Å². The highest BCUT2D eigenvalue weighted by Crippen LogP contribution is 2.19. The van der Waals surface area contributed by atoms with Gasteiger partial charge in [0.15, 0.2) is 5.96 Å². The van der Waals surface area contributed by atoms with Crippen LogP contribution in [0.2, 0.25) is 0 Å². The summed E-state index contributed by atoms with van der Waals surface area (Å²) in [6, 6.07) is 8.70. The van der Waals surface area contributed by atoms with E-state index in [2.05, 4.69) is 58.4 Å². The monoisotopic (exact) mass is 555 g/mol. The van der Waals surface area contributed by atoms with Crippen molar-refractivity contribution in [2.75, 3.05) is 46.4 Å². The lowest BCUT2D eigenvalue weighted by Gasteiger charge is -2.35. The van der Waals surface area contributed by atoms with Crippen molar-refractivity contribution in [2.24, 2.45) is 10.9 Å². The summed E-state index contributed by atoms with van der Waals surface area (Å²) in [6.45, 7) is 11.9. The Morgan fingerprint density at radius 2 is 1.88 bits per heavy atom. The Balaban J connectivity index is 0.00000363. The van der Waals surface area contributed by atoms with Gasteiger partial charge in [0.05, 0.1) is 18.9 Å². The summed E-state index contributed by atoms with van der Waals surface area (Å²) in [5, 5.41) is 6.91. The minimum atomic E-state index is 0. The third-order valence-corrected chi connectivity index (χ3v) is 5.56. The predicted octanol–water partition coefficient (Wildman–Crippen LogP) is 3.72. The van der Waals surface area contributed by atoms with Crippen LogP contribution in [0.1, 0.15) is 31.5 Å². The molecule has 1 unspecified atom stereocenters. The molecule has 0 bridgehead atoms. The molecule has 178 valence electrons. The predicted molar refractivity (Wildman–Crippen MR) is 141 cm³/mol. The maximum Gasteiger partial charge on any atom is 0.226 e. The average Bonchev–Trinajstić information content (AvgIpc) is 3.25. The number of halogens is 1. The first kappa shape index (κ1) is 26.6. The highest BCUT2D eigenvalue weighted by atomic mass is 127. The van der Waals surface area contributed by atoms with Gasteiger partial charge >= 0.3 is 0 Å². The largest absolute Gasteiger partial charge is 0.444 e. The molecule has 8 heteroatoms. The van der Waals surface area contributed by atoms with Crippen molar-refractivity contribution in [1.29, 1.82) is 0 Å². The number of aromatic nitrogens is 1. The Hall–Kier alpha value is -1.65. The van der Waals surface area contributed by atoms with Crippen molar-refractivity contribution in [3.05, 3.63) is 41.8 Å². The minimum Gasteiger partial charge on any atom is -0.444 e. The van der Waals surface area contributed by atoms with Gasteiger partial charge in [-0.3, -0.25) is 9.89 Å². The third kappa shape index (κ3) is 8.37. The van der Waals surface area contributed by atoms with Gasteiger partial charge in [-0.2, -0.15) is 0 Å². The van der Waals surface area contributed by atoms with Crippen LogP contribution in [0.15, 0.2) is 39.9 Å². The number of morpholine rings is 1. The molecule has 3 rings (SSSR count). The van der Waals surface area contributed by atoms with Gasteiger partial charge in [-0.05, 0) is 31.4 Å². The second-order valence-corrected chi connectivity index (χ2v) is 8.57.